The van der Waals surface area contributed by atoms with E-state index in [1.807, 2.05) is 14.1 Å². The van der Waals surface area contributed by atoms with E-state index in [0.717, 1.165) is 77.2 Å². The zero-order chi connectivity index (χ0) is 39.7. The lowest BCUT2D eigenvalue weighted by Crippen LogP contribution is -2.23. The van der Waals surface area contributed by atoms with Gasteiger partial charge in [-0.3, -0.25) is 9.59 Å². The molecule has 0 rings (SSSR count). The van der Waals surface area contributed by atoms with Gasteiger partial charge >= 0.3 is 12.1 Å². The number of unbranched alkanes of at least 4 members (excludes halogenated alkanes) is 22. The van der Waals surface area contributed by atoms with Gasteiger partial charge in [0.1, 0.15) is 11.9 Å². The van der Waals surface area contributed by atoms with E-state index in [0.29, 0.717) is 31.1 Å². The van der Waals surface area contributed by atoms with Gasteiger partial charge in [-0.05, 0) is 65.0 Å². The number of Topliss-reactive ketones (excluding diaryl/α,β-unsaturated/α-hetero) is 1. The summed E-state index contributed by atoms with van der Waals surface area (Å²) in [4.78, 5) is 39.7. The Balaban J connectivity index is 4.56. The van der Waals surface area contributed by atoms with E-state index in [-0.39, 0.29) is 18.7 Å². The zero-order valence-corrected chi connectivity index (χ0v) is 36.7. The number of carbonyl (C=O) groups is 3. The summed E-state index contributed by atoms with van der Waals surface area (Å²) in [5, 5.41) is 0. The lowest BCUT2D eigenvalue weighted by atomic mass is 9.91. The quantitative estimate of drug-likeness (QED) is 0.0452. The Morgan fingerprint density at radius 2 is 0.889 bits per heavy atom. The first-order valence-electron chi connectivity index (χ1n) is 23.5. The van der Waals surface area contributed by atoms with Gasteiger partial charge < -0.3 is 19.1 Å². The Bertz CT molecular complexity index is 817. The summed E-state index contributed by atoms with van der Waals surface area (Å²) in [5.41, 5.74) is 0. The molecule has 0 heterocycles. The summed E-state index contributed by atoms with van der Waals surface area (Å²) >= 11 is 0. The Labute approximate surface area is 335 Å². The van der Waals surface area contributed by atoms with Crippen LogP contribution in [-0.2, 0) is 23.8 Å². The summed E-state index contributed by atoms with van der Waals surface area (Å²) in [5.74, 6) is 0.750. The van der Waals surface area contributed by atoms with E-state index in [2.05, 4.69) is 25.7 Å². The van der Waals surface area contributed by atoms with Crippen LogP contribution in [0.15, 0.2) is 0 Å². The first-order chi connectivity index (χ1) is 26.3. The number of ketones is 1. The minimum Gasteiger partial charge on any atom is -0.466 e. The fraction of sp³-hybridized carbons (Fsp3) is 0.936. The standard InChI is InChI=1S/C47H91NO6/c1-6-9-12-15-23-27-33-43(34-28-24-16-13-10-7-2)42-46(50)52-41-38-45(54-47(51)53-40-32-39-48(4)5)37-31-26-21-19-17-18-20-25-30-36-44(49)35-29-22-14-11-8-3/h43,45H,6-42H2,1-5H3. The van der Waals surface area contributed by atoms with Gasteiger partial charge in [0.2, 0.25) is 0 Å². The maximum atomic E-state index is 13.0. The van der Waals surface area contributed by atoms with Crippen LogP contribution in [0.2, 0.25) is 0 Å². The molecule has 0 spiro atoms. The molecular weight excluding hydrogens is 675 g/mol. The van der Waals surface area contributed by atoms with Crippen molar-refractivity contribution in [3.8, 4) is 0 Å². The third-order valence-corrected chi connectivity index (χ3v) is 10.9. The fourth-order valence-electron chi connectivity index (χ4n) is 7.32. The summed E-state index contributed by atoms with van der Waals surface area (Å²) < 4.78 is 16.9. The molecule has 0 bridgehead atoms. The molecule has 0 aliphatic carbocycles. The molecule has 7 heteroatoms. The Morgan fingerprint density at radius 1 is 0.463 bits per heavy atom. The zero-order valence-electron chi connectivity index (χ0n) is 36.7. The van der Waals surface area contributed by atoms with Crippen LogP contribution in [0.4, 0.5) is 4.79 Å². The first-order valence-corrected chi connectivity index (χ1v) is 23.5. The van der Waals surface area contributed by atoms with Crippen molar-refractivity contribution >= 4 is 17.9 Å². The highest BCUT2D eigenvalue weighted by atomic mass is 16.7. The molecule has 1 unspecified atom stereocenters. The largest absolute Gasteiger partial charge is 0.508 e. The minimum absolute atomic E-state index is 0.105. The number of hydrogen-bond acceptors (Lipinski definition) is 7. The molecule has 0 radical (unpaired) electrons. The molecule has 0 aliphatic heterocycles. The van der Waals surface area contributed by atoms with Crippen LogP contribution in [0.5, 0.6) is 0 Å². The number of carbonyl (C=O) groups excluding carboxylic acids is 3. The fourth-order valence-corrected chi connectivity index (χ4v) is 7.32. The van der Waals surface area contributed by atoms with Crippen molar-refractivity contribution in [2.45, 2.75) is 245 Å². The van der Waals surface area contributed by atoms with Gasteiger partial charge in [-0.1, -0.05) is 168 Å². The summed E-state index contributed by atoms with van der Waals surface area (Å²) in [6.07, 6.45) is 37.1. The van der Waals surface area contributed by atoms with E-state index in [1.54, 1.807) is 0 Å². The van der Waals surface area contributed by atoms with E-state index in [1.165, 1.54) is 135 Å². The van der Waals surface area contributed by atoms with Gasteiger partial charge in [-0.2, -0.15) is 0 Å². The van der Waals surface area contributed by atoms with Gasteiger partial charge in [0.05, 0.1) is 13.2 Å². The van der Waals surface area contributed by atoms with Crippen LogP contribution in [0.1, 0.15) is 239 Å². The Morgan fingerprint density at radius 3 is 1.35 bits per heavy atom. The Hall–Kier alpha value is -1.63. The molecule has 0 amide bonds. The lowest BCUT2D eigenvalue weighted by molar-refractivity contribution is -0.145. The van der Waals surface area contributed by atoms with Gasteiger partial charge in [-0.25, -0.2) is 4.79 Å². The van der Waals surface area contributed by atoms with Crippen molar-refractivity contribution < 1.29 is 28.6 Å². The van der Waals surface area contributed by atoms with E-state index in [4.69, 9.17) is 14.2 Å². The van der Waals surface area contributed by atoms with Crippen LogP contribution < -0.4 is 0 Å². The van der Waals surface area contributed by atoms with Crippen LogP contribution >= 0.6 is 0 Å². The van der Waals surface area contributed by atoms with Crippen molar-refractivity contribution in [1.82, 2.24) is 4.90 Å². The smallest absolute Gasteiger partial charge is 0.466 e. The molecule has 0 aliphatic rings. The van der Waals surface area contributed by atoms with Crippen molar-refractivity contribution in [2.24, 2.45) is 5.92 Å². The molecule has 54 heavy (non-hydrogen) atoms. The molecule has 0 N–H and O–H groups in total. The van der Waals surface area contributed by atoms with E-state index < -0.39 is 6.16 Å². The number of esters is 1. The predicted molar refractivity (Wildman–Crippen MR) is 228 cm³/mol. The molecule has 0 fully saturated rings. The summed E-state index contributed by atoms with van der Waals surface area (Å²) in [6.45, 7) is 8.21. The average molecular weight is 766 g/mol. The molecule has 0 aromatic heterocycles. The van der Waals surface area contributed by atoms with Crippen LogP contribution in [0, 0.1) is 5.92 Å². The number of ether oxygens (including phenoxy) is 3. The number of nitrogens with zero attached hydrogens (tertiary/aromatic N) is 1. The highest BCUT2D eigenvalue weighted by Crippen LogP contribution is 2.23. The summed E-state index contributed by atoms with van der Waals surface area (Å²) in [7, 11) is 4.01. The normalized spacial score (nSPS) is 12.1. The summed E-state index contributed by atoms with van der Waals surface area (Å²) in [6, 6.07) is 0. The highest BCUT2D eigenvalue weighted by Gasteiger charge is 2.19. The van der Waals surface area contributed by atoms with Gasteiger partial charge in [0.25, 0.3) is 0 Å². The topological polar surface area (TPSA) is 82.1 Å². The second-order valence-corrected chi connectivity index (χ2v) is 16.6. The van der Waals surface area contributed by atoms with Crippen molar-refractivity contribution in [3.63, 3.8) is 0 Å². The molecule has 320 valence electrons. The monoisotopic (exact) mass is 766 g/mol. The lowest BCUT2D eigenvalue weighted by Gasteiger charge is -2.19. The second kappa shape index (κ2) is 41.0. The van der Waals surface area contributed by atoms with E-state index >= 15 is 0 Å². The van der Waals surface area contributed by atoms with Crippen LogP contribution in [0.3, 0.4) is 0 Å². The molecule has 0 aromatic rings. The van der Waals surface area contributed by atoms with Crippen molar-refractivity contribution in [1.29, 1.82) is 0 Å². The number of hydrogen-bond donors (Lipinski definition) is 0. The van der Waals surface area contributed by atoms with Gasteiger partial charge in [-0.15, -0.1) is 0 Å². The molecule has 1 atom stereocenters. The van der Waals surface area contributed by atoms with Crippen molar-refractivity contribution in [3.05, 3.63) is 0 Å². The third-order valence-electron chi connectivity index (χ3n) is 10.9. The minimum atomic E-state index is -0.614. The average Bonchev–Trinajstić information content (AvgIpc) is 3.14. The van der Waals surface area contributed by atoms with Crippen LogP contribution in [0.25, 0.3) is 0 Å². The van der Waals surface area contributed by atoms with Gasteiger partial charge in [0, 0.05) is 32.2 Å². The SMILES string of the molecule is CCCCCCCCC(CCCCCCCC)CC(=O)OCCC(CCCCCCCCCCCC(=O)CCCCCCC)OC(=O)OCCCN(C)C. The molecule has 0 aromatic carbocycles. The molecule has 0 saturated heterocycles. The maximum Gasteiger partial charge on any atom is 0.508 e. The van der Waals surface area contributed by atoms with E-state index in [9.17, 15) is 14.4 Å². The molecule has 0 saturated carbocycles. The highest BCUT2D eigenvalue weighted by molar-refractivity contribution is 5.78. The predicted octanol–water partition coefficient (Wildman–Crippen LogP) is 14.1. The first kappa shape index (κ1) is 52.4. The molecule has 7 nitrogen and oxygen atoms in total. The van der Waals surface area contributed by atoms with Gasteiger partial charge in [0.15, 0.2) is 0 Å². The third kappa shape index (κ3) is 38.6. The Kier molecular flexibility index (Phi) is 39.8. The maximum absolute atomic E-state index is 13.0. The second-order valence-electron chi connectivity index (χ2n) is 16.6. The molecular formula is C47H91NO6. The van der Waals surface area contributed by atoms with Crippen molar-refractivity contribution in [2.75, 3.05) is 33.9 Å². The number of rotatable bonds is 42. The van der Waals surface area contributed by atoms with Crippen LogP contribution in [-0.4, -0.2) is 62.8 Å².